The molecular weight excluding hydrogens is 176 g/mol. The number of hydrogen-bond donors (Lipinski definition) is 2. The van der Waals surface area contributed by atoms with Crippen molar-refractivity contribution < 1.29 is 5.11 Å². The summed E-state index contributed by atoms with van der Waals surface area (Å²) in [6.07, 6.45) is 5.24. The van der Waals surface area contributed by atoms with Crippen LogP contribution in [0, 0.1) is 0 Å². The molecule has 0 aromatic carbocycles. The van der Waals surface area contributed by atoms with Gasteiger partial charge < -0.3 is 10.4 Å². The van der Waals surface area contributed by atoms with Gasteiger partial charge in [0.25, 0.3) is 0 Å². The van der Waals surface area contributed by atoms with Crippen LogP contribution in [0.3, 0.4) is 0 Å². The predicted octanol–water partition coefficient (Wildman–Crippen LogP) is 0.584. The van der Waals surface area contributed by atoms with Gasteiger partial charge in [-0.2, -0.15) is 0 Å². The van der Waals surface area contributed by atoms with E-state index in [0.29, 0.717) is 6.04 Å². The zero-order valence-electron chi connectivity index (χ0n) is 9.08. The third-order valence-corrected chi connectivity index (χ3v) is 3.55. The van der Waals surface area contributed by atoms with E-state index in [2.05, 4.69) is 17.1 Å². The maximum Gasteiger partial charge on any atom is 0.0794 e. The van der Waals surface area contributed by atoms with Gasteiger partial charge >= 0.3 is 0 Å². The molecule has 0 spiro atoms. The molecule has 0 amide bonds. The van der Waals surface area contributed by atoms with Crippen molar-refractivity contribution in [3.05, 3.63) is 0 Å². The van der Waals surface area contributed by atoms with Gasteiger partial charge in [0.2, 0.25) is 0 Å². The van der Waals surface area contributed by atoms with E-state index in [4.69, 9.17) is 0 Å². The Bertz CT molecular complexity index is 174. The minimum atomic E-state index is -0.0586. The summed E-state index contributed by atoms with van der Waals surface area (Å²) < 4.78 is 0. The molecule has 2 aliphatic heterocycles. The van der Waals surface area contributed by atoms with Crippen molar-refractivity contribution in [2.24, 2.45) is 0 Å². The summed E-state index contributed by atoms with van der Waals surface area (Å²) in [4.78, 5) is 2.38. The fourth-order valence-corrected chi connectivity index (χ4v) is 2.53. The van der Waals surface area contributed by atoms with E-state index in [1.54, 1.807) is 0 Å². The maximum absolute atomic E-state index is 9.22. The standard InChI is InChI=1S/C11H22N2O/c1-9(13-7-11(14)8-13)6-10-4-2-3-5-12-10/h9-12,14H,2-8H2,1H3. The number of hydrogen-bond acceptors (Lipinski definition) is 3. The fourth-order valence-electron chi connectivity index (χ4n) is 2.53. The van der Waals surface area contributed by atoms with Crippen LogP contribution in [0.5, 0.6) is 0 Å². The first-order valence-corrected chi connectivity index (χ1v) is 5.91. The molecule has 2 saturated heterocycles. The molecule has 0 radical (unpaired) electrons. The van der Waals surface area contributed by atoms with Crippen molar-refractivity contribution in [1.82, 2.24) is 10.2 Å². The first-order chi connectivity index (χ1) is 6.75. The largest absolute Gasteiger partial charge is 0.390 e. The number of aliphatic hydroxyl groups is 1. The highest BCUT2D eigenvalue weighted by Gasteiger charge is 2.29. The van der Waals surface area contributed by atoms with Crippen molar-refractivity contribution in [3.8, 4) is 0 Å². The molecule has 2 atom stereocenters. The Morgan fingerprint density at radius 1 is 1.43 bits per heavy atom. The average molecular weight is 198 g/mol. The van der Waals surface area contributed by atoms with Crippen LogP contribution in [0.25, 0.3) is 0 Å². The molecule has 0 saturated carbocycles. The Hall–Kier alpha value is -0.120. The van der Waals surface area contributed by atoms with E-state index < -0.39 is 0 Å². The fraction of sp³-hybridized carbons (Fsp3) is 1.00. The molecule has 0 aliphatic carbocycles. The molecule has 2 aliphatic rings. The zero-order valence-corrected chi connectivity index (χ0v) is 9.08. The molecule has 0 aromatic heterocycles. The lowest BCUT2D eigenvalue weighted by Crippen LogP contribution is -2.55. The second kappa shape index (κ2) is 4.60. The minimum absolute atomic E-state index is 0.0586. The maximum atomic E-state index is 9.22. The summed E-state index contributed by atoms with van der Waals surface area (Å²) in [5.41, 5.74) is 0. The van der Waals surface area contributed by atoms with Crippen LogP contribution in [0.4, 0.5) is 0 Å². The Labute approximate surface area is 86.5 Å². The van der Waals surface area contributed by atoms with Crippen LogP contribution in [0.1, 0.15) is 32.6 Å². The second-order valence-corrected chi connectivity index (χ2v) is 4.84. The van der Waals surface area contributed by atoms with Gasteiger partial charge in [0, 0.05) is 25.2 Å². The lowest BCUT2D eigenvalue weighted by atomic mass is 9.96. The van der Waals surface area contributed by atoms with Crippen LogP contribution < -0.4 is 5.32 Å². The molecule has 2 fully saturated rings. The van der Waals surface area contributed by atoms with Gasteiger partial charge in [-0.05, 0) is 32.7 Å². The van der Waals surface area contributed by atoms with Crippen molar-refractivity contribution in [2.75, 3.05) is 19.6 Å². The Morgan fingerprint density at radius 2 is 2.21 bits per heavy atom. The van der Waals surface area contributed by atoms with Crippen LogP contribution in [-0.4, -0.2) is 47.8 Å². The van der Waals surface area contributed by atoms with Gasteiger partial charge in [-0.1, -0.05) is 6.42 Å². The highest BCUT2D eigenvalue weighted by atomic mass is 16.3. The van der Waals surface area contributed by atoms with Crippen LogP contribution in [0.2, 0.25) is 0 Å². The highest BCUT2D eigenvalue weighted by Crippen LogP contribution is 2.19. The number of rotatable bonds is 3. The third-order valence-electron chi connectivity index (χ3n) is 3.55. The molecule has 2 rings (SSSR count). The molecule has 3 heteroatoms. The Morgan fingerprint density at radius 3 is 2.79 bits per heavy atom. The quantitative estimate of drug-likeness (QED) is 0.696. The number of nitrogens with one attached hydrogen (secondary N) is 1. The number of likely N-dealkylation sites (tertiary alicyclic amines) is 1. The number of β-amino-alcohol motifs (C(OH)–C–C–N with tert-alkyl or cyclic N) is 1. The summed E-state index contributed by atoms with van der Waals surface area (Å²) in [5.74, 6) is 0. The number of piperidine rings is 1. The van der Waals surface area contributed by atoms with Crippen LogP contribution in [0.15, 0.2) is 0 Å². The molecule has 2 heterocycles. The third kappa shape index (κ3) is 2.47. The first kappa shape index (κ1) is 10.4. The lowest BCUT2D eigenvalue weighted by Gasteiger charge is -2.42. The van der Waals surface area contributed by atoms with Gasteiger partial charge in [-0.15, -0.1) is 0 Å². The predicted molar refractivity (Wildman–Crippen MR) is 57.3 cm³/mol. The zero-order chi connectivity index (χ0) is 9.97. The molecule has 14 heavy (non-hydrogen) atoms. The summed E-state index contributed by atoms with van der Waals surface area (Å²) in [7, 11) is 0. The molecule has 2 unspecified atom stereocenters. The van der Waals surface area contributed by atoms with Crippen molar-refractivity contribution >= 4 is 0 Å². The smallest absolute Gasteiger partial charge is 0.0794 e. The van der Waals surface area contributed by atoms with Crippen LogP contribution in [-0.2, 0) is 0 Å². The molecule has 82 valence electrons. The summed E-state index contributed by atoms with van der Waals surface area (Å²) in [5, 5.41) is 12.8. The number of nitrogens with zero attached hydrogens (tertiary/aromatic N) is 1. The van der Waals surface area contributed by atoms with Crippen molar-refractivity contribution in [2.45, 2.75) is 50.8 Å². The van der Waals surface area contributed by atoms with Gasteiger partial charge in [0.05, 0.1) is 6.10 Å². The van der Waals surface area contributed by atoms with Crippen molar-refractivity contribution in [1.29, 1.82) is 0 Å². The van der Waals surface area contributed by atoms with E-state index in [1.807, 2.05) is 0 Å². The normalized spacial score (nSPS) is 32.6. The highest BCUT2D eigenvalue weighted by molar-refractivity contribution is 4.86. The van der Waals surface area contributed by atoms with Gasteiger partial charge in [-0.25, -0.2) is 0 Å². The van der Waals surface area contributed by atoms with E-state index in [9.17, 15) is 5.11 Å². The van der Waals surface area contributed by atoms with Gasteiger partial charge in [-0.3, -0.25) is 4.90 Å². The monoisotopic (exact) mass is 198 g/mol. The summed E-state index contributed by atoms with van der Waals surface area (Å²) in [6, 6.07) is 1.35. The Balaban J connectivity index is 1.68. The SMILES string of the molecule is CC(CC1CCCCN1)N1CC(O)C1. The number of aliphatic hydroxyl groups excluding tert-OH is 1. The molecule has 2 N–H and O–H groups in total. The van der Waals surface area contributed by atoms with E-state index in [1.165, 1.54) is 32.2 Å². The average Bonchev–Trinajstić information content (AvgIpc) is 2.14. The lowest BCUT2D eigenvalue weighted by molar-refractivity contribution is -0.0247. The van der Waals surface area contributed by atoms with Crippen molar-refractivity contribution in [3.63, 3.8) is 0 Å². The van der Waals surface area contributed by atoms with Crippen LogP contribution >= 0.6 is 0 Å². The minimum Gasteiger partial charge on any atom is -0.390 e. The molecule has 0 bridgehead atoms. The summed E-state index contributed by atoms with van der Waals surface area (Å²) >= 11 is 0. The topological polar surface area (TPSA) is 35.5 Å². The second-order valence-electron chi connectivity index (χ2n) is 4.84. The Kier molecular flexibility index (Phi) is 3.42. The van der Waals surface area contributed by atoms with E-state index in [0.717, 1.165) is 19.1 Å². The molecule has 3 nitrogen and oxygen atoms in total. The molecular formula is C11H22N2O. The first-order valence-electron chi connectivity index (χ1n) is 5.91. The van der Waals surface area contributed by atoms with E-state index in [-0.39, 0.29) is 6.10 Å². The van der Waals surface area contributed by atoms with E-state index >= 15 is 0 Å². The van der Waals surface area contributed by atoms with Gasteiger partial charge in [0.15, 0.2) is 0 Å². The summed E-state index contributed by atoms with van der Waals surface area (Å²) in [6.45, 7) is 5.24. The van der Waals surface area contributed by atoms with Gasteiger partial charge in [0.1, 0.15) is 0 Å². The molecule has 0 aromatic rings.